The number of hydrogen-bond acceptors (Lipinski definition) is 4. The average molecular weight is 352 g/mol. The van der Waals surface area contributed by atoms with Crippen LogP contribution in [0.1, 0.15) is 16.7 Å². The standard InChI is InChI=1S/C19H18ClN5/c1-24-6-8-25(9-7-24)19-17-12-22-11-16(17)14(4-5-21)15-3-2-13(20)10-18(15)23-19/h2-4,10-12,22H,6-9H2,1H3/b14-4+. The third kappa shape index (κ3) is 2.84. The van der Waals surface area contributed by atoms with Crippen LogP contribution in [-0.4, -0.2) is 53.8 Å². The molecule has 5 nitrogen and oxygen atoms in total. The quantitative estimate of drug-likeness (QED) is 0.741. The Morgan fingerprint density at radius 3 is 2.68 bits per heavy atom. The van der Waals surface area contributed by atoms with Gasteiger partial charge in [0.1, 0.15) is 5.84 Å². The number of allylic oxidation sites excluding steroid dienone is 1. The molecule has 1 N–H and O–H groups in total. The number of amidine groups is 1. The minimum Gasteiger partial charge on any atom is -0.366 e. The van der Waals surface area contributed by atoms with Crippen LogP contribution in [0.5, 0.6) is 0 Å². The highest BCUT2D eigenvalue weighted by molar-refractivity contribution is 6.31. The average Bonchev–Trinajstić information content (AvgIpc) is 3.04. The van der Waals surface area contributed by atoms with Crippen molar-refractivity contribution in [2.45, 2.75) is 0 Å². The number of rotatable bonds is 0. The van der Waals surface area contributed by atoms with Gasteiger partial charge in [-0.2, -0.15) is 5.26 Å². The van der Waals surface area contributed by atoms with Gasteiger partial charge in [0.05, 0.1) is 11.8 Å². The number of aromatic amines is 1. The van der Waals surface area contributed by atoms with E-state index in [-0.39, 0.29) is 0 Å². The molecule has 126 valence electrons. The number of nitriles is 1. The van der Waals surface area contributed by atoms with Gasteiger partial charge < -0.3 is 14.8 Å². The van der Waals surface area contributed by atoms with Crippen LogP contribution in [0.3, 0.4) is 0 Å². The van der Waals surface area contributed by atoms with E-state index < -0.39 is 0 Å². The Bertz CT molecular complexity index is 910. The normalized spacial score (nSPS) is 19.0. The van der Waals surface area contributed by atoms with Crippen LogP contribution < -0.4 is 0 Å². The number of aliphatic imine (C=N–C) groups is 1. The van der Waals surface area contributed by atoms with Gasteiger partial charge in [0.2, 0.25) is 0 Å². The molecule has 1 fully saturated rings. The zero-order valence-corrected chi connectivity index (χ0v) is 14.7. The highest BCUT2D eigenvalue weighted by Gasteiger charge is 2.27. The number of nitrogens with zero attached hydrogens (tertiary/aromatic N) is 4. The van der Waals surface area contributed by atoms with Crippen LogP contribution in [0.15, 0.2) is 41.7 Å². The van der Waals surface area contributed by atoms with E-state index >= 15 is 0 Å². The lowest BCUT2D eigenvalue weighted by atomic mass is 9.96. The lowest BCUT2D eigenvalue weighted by Gasteiger charge is -2.34. The van der Waals surface area contributed by atoms with Gasteiger partial charge >= 0.3 is 0 Å². The fraction of sp³-hybridized carbons (Fsp3) is 0.263. The molecule has 2 aromatic rings. The van der Waals surface area contributed by atoms with E-state index in [1.807, 2.05) is 30.6 Å². The molecule has 2 aliphatic heterocycles. The maximum atomic E-state index is 9.28. The Morgan fingerprint density at radius 2 is 1.92 bits per heavy atom. The van der Waals surface area contributed by atoms with Gasteiger partial charge in [-0.05, 0) is 19.2 Å². The molecular formula is C19H18ClN5. The van der Waals surface area contributed by atoms with Gasteiger partial charge in [0.25, 0.3) is 0 Å². The van der Waals surface area contributed by atoms with Crippen LogP contribution in [0.25, 0.3) is 5.57 Å². The summed E-state index contributed by atoms with van der Waals surface area (Å²) >= 11 is 6.21. The Balaban J connectivity index is 1.91. The molecule has 6 heteroatoms. The van der Waals surface area contributed by atoms with Crippen molar-refractivity contribution in [3.05, 3.63) is 58.4 Å². The zero-order chi connectivity index (χ0) is 17.4. The van der Waals surface area contributed by atoms with Gasteiger partial charge in [0, 0.05) is 71.9 Å². The molecule has 0 radical (unpaired) electrons. The molecule has 25 heavy (non-hydrogen) atoms. The van der Waals surface area contributed by atoms with Gasteiger partial charge in [-0.15, -0.1) is 0 Å². The van der Waals surface area contributed by atoms with Crippen molar-refractivity contribution >= 4 is 28.7 Å². The molecule has 1 saturated heterocycles. The summed E-state index contributed by atoms with van der Waals surface area (Å²) in [6.07, 6.45) is 5.49. The smallest absolute Gasteiger partial charge is 0.138 e. The highest BCUT2D eigenvalue weighted by atomic mass is 35.5. The monoisotopic (exact) mass is 351 g/mol. The van der Waals surface area contributed by atoms with Gasteiger partial charge in [-0.1, -0.05) is 17.7 Å². The van der Waals surface area contributed by atoms with Crippen LogP contribution in [0, 0.1) is 11.3 Å². The molecule has 0 bridgehead atoms. The number of aromatic nitrogens is 1. The number of H-pyrrole nitrogens is 1. The first-order valence-electron chi connectivity index (χ1n) is 8.27. The van der Waals surface area contributed by atoms with Crippen LogP contribution in [0.2, 0.25) is 5.02 Å². The van der Waals surface area contributed by atoms with Gasteiger partial charge in [-0.3, -0.25) is 0 Å². The molecule has 0 spiro atoms. The molecule has 0 aliphatic carbocycles. The summed E-state index contributed by atoms with van der Waals surface area (Å²) < 4.78 is 0. The Kier molecular flexibility index (Phi) is 4.08. The van der Waals surface area contributed by atoms with Crippen molar-refractivity contribution < 1.29 is 0 Å². The minimum atomic E-state index is 0.643. The van der Waals surface area contributed by atoms with E-state index in [4.69, 9.17) is 16.6 Å². The first-order chi connectivity index (χ1) is 12.2. The number of nitrogens with one attached hydrogen (secondary N) is 1. The van der Waals surface area contributed by atoms with Crippen molar-refractivity contribution in [3.8, 4) is 6.07 Å². The molecule has 1 aromatic carbocycles. The van der Waals surface area contributed by atoms with Crippen LogP contribution in [-0.2, 0) is 0 Å². The summed E-state index contributed by atoms with van der Waals surface area (Å²) in [5.41, 5.74) is 4.63. The third-order valence-electron chi connectivity index (χ3n) is 4.76. The summed E-state index contributed by atoms with van der Waals surface area (Å²) in [7, 11) is 2.14. The number of hydrogen-bond donors (Lipinski definition) is 1. The van der Waals surface area contributed by atoms with Crippen molar-refractivity contribution in [3.63, 3.8) is 0 Å². The van der Waals surface area contributed by atoms with Crippen molar-refractivity contribution in [1.82, 2.24) is 14.8 Å². The third-order valence-corrected chi connectivity index (χ3v) is 5.00. The van der Waals surface area contributed by atoms with Gasteiger partial charge in [-0.25, -0.2) is 4.99 Å². The molecule has 2 aliphatic rings. The molecule has 0 atom stereocenters. The summed E-state index contributed by atoms with van der Waals surface area (Å²) in [4.78, 5) is 12.8. The van der Waals surface area contributed by atoms with E-state index in [2.05, 4.69) is 27.9 Å². The van der Waals surface area contributed by atoms with E-state index in [9.17, 15) is 5.26 Å². The summed E-state index contributed by atoms with van der Waals surface area (Å²) in [5.74, 6) is 0.939. The lowest BCUT2D eigenvalue weighted by molar-refractivity contribution is 0.216. The molecule has 3 heterocycles. The number of likely N-dealkylation sites (N-methyl/N-ethyl adjacent to an activating group) is 1. The predicted molar refractivity (Wildman–Crippen MR) is 100 cm³/mol. The second-order valence-electron chi connectivity index (χ2n) is 6.36. The summed E-state index contributed by atoms with van der Waals surface area (Å²) in [5, 5.41) is 9.92. The maximum absolute atomic E-state index is 9.28. The fourth-order valence-corrected chi connectivity index (χ4v) is 3.56. The molecule has 4 rings (SSSR count). The molecule has 1 aromatic heterocycles. The molecular weight excluding hydrogens is 334 g/mol. The van der Waals surface area contributed by atoms with E-state index in [1.54, 1.807) is 6.08 Å². The van der Waals surface area contributed by atoms with Crippen molar-refractivity contribution in [1.29, 1.82) is 5.26 Å². The van der Waals surface area contributed by atoms with E-state index in [1.165, 1.54) is 0 Å². The zero-order valence-electron chi connectivity index (χ0n) is 14.0. The van der Waals surface area contributed by atoms with Crippen molar-refractivity contribution in [2.24, 2.45) is 4.99 Å². The van der Waals surface area contributed by atoms with Gasteiger partial charge in [0.15, 0.2) is 0 Å². The predicted octanol–water partition coefficient (Wildman–Crippen LogP) is 3.26. The number of fused-ring (bicyclic) bond motifs is 2. The minimum absolute atomic E-state index is 0.643. The first-order valence-corrected chi connectivity index (χ1v) is 8.64. The summed E-state index contributed by atoms with van der Waals surface area (Å²) in [6, 6.07) is 7.82. The second kappa shape index (κ2) is 6.40. The Hall–Kier alpha value is -2.55. The number of halogens is 1. The first kappa shape index (κ1) is 15.9. The molecule has 0 unspecified atom stereocenters. The summed E-state index contributed by atoms with van der Waals surface area (Å²) in [6.45, 7) is 3.85. The SMILES string of the molecule is CN1CCN(C2=Nc3cc(Cl)ccc3/C(=C\C#N)c3c[nH]cc32)CC1. The van der Waals surface area contributed by atoms with Crippen molar-refractivity contribution in [2.75, 3.05) is 33.2 Å². The van der Waals surface area contributed by atoms with Crippen LogP contribution >= 0.6 is 11.6 Å². The topological polar surface area (TPSA) is 58.4 Å². The molecule has 0 saturated carbocycles. The highest BCUT2D eigenvalue weighted by Crippen LogP contribution is 2.38. The molecule has 0 amide bonds. The largest absolute Gasteiger partial charge is 0.366 e. The number of piperazine rings is 1. The Morgan fingerprint density at radius 1 is 1.16 bits per heavy atom. The lowest BCUT2D eigenvalue weighted by Crippen LogP contribution is -2.47. The van der Waals surface area contributed by atoms with E-state index in [0.29, 0.717) is 5.02 Å². The maximum Gasteiger partial charge on any atom is 0.138 e. The van der Waals surface area contributed by atoms with Crippen LogP contribution in [0.4, 0.5) is 5.69 Å². The number of benzene rings is 1. The van der Waals surface area contributed by atoms with E-state index in [0.717, 1.165) is 60.0 Å². The Labute approximate surface area is 151 Å². The fourth-order valence-electron chi connectivity index (χ4n) is 3.40. The second-order valence-corrected chi connectivity index (χ2v) is 6.79.